The van der Waals surface area contributed by atoms with E-state index in [4.69, 9.17) is 9.47 Å². The van der Waals surface area contributed by atoms with Gasteiger partial charge in [-0.25, -0.2) is 9.59 Å². The second-order valence-corrected chi connectivity index (χ2v) is 7.68. The van der Waals surface area contributed by atoms with Gasteiger partial charge in [0.2, 0.25) is 0 Å². The van der Waals surface area contributed by atoms with E-state index in [-0.39, 0.29) is 40.0 Å². The van der Waals surface area contributed by atoms with Gasteiger partial charge in [0.25, 0.3) is 10.1 Å². The van der Waals surface area contributed by atoms with Crippen LogP contribution in [0.1, 0.15) is 17.3 Å². The second-order valence-electron chi connectivity index (χ2n) is 6.32. The molecule has 0 bridgehead atoms. The molecule has 3 aromatic carbocycles. The van der Waals surface area contributed by atoms with Crippen molar-refractivity contribution < 1.29 is 32.0 Å². The van der Waals surface area contributed by atoms with Crippen LogP contribution in [-0.2, 0) is 24.4 Å². The first-order chi connectivity index (χ1) is 13.7. The van der Waals surface area contributed by atoms with Crippen molar-refractivity contribution in [3.63, 3.8) is 0 Å². The standard InChI is InChI=1S/C21H18O7S/c1-13(2)20(22)27-11-12-28-21(23)18-14-7-3-5-9-16(14)19(29(24,25)26)17-10-6-4-8-15(17)18/h3-10H,1,11-12H2,2H3,(H,24,25,26). The first-order valence-corrected chi connectivity index (χ1v) is 10.1. The number of hydrogen-bond acceptors (Lipinski definition) is 6. The van der Waals surface area contributed by atoms with Gasteiger partial charge >= 0.3 is 11.9 Å². The summed E-state index contributed by atoms with van der Waals surface area (Å²) in [4.78, 5) is 23.9. The largest absolute Gasteiger partial charge is 0.459 e. The lowest BCUT2D eigenvalue weighted by Gasteiger charge is -2.14. The smallest absolute Gasteiger partial charge is 0.339 e. The lowest BCUT2D eigenvalue weighted by atomic mass is 9.96. The average Bonchev–Trinajstić information content (AvgIpc) is 2.67. The highest BCUT2D eigenvalue weighted by molar-refractivity contribution is 7.86. The molecule has 0 aliphatic rings. The zero-order valence-corrected chi connectivity index (χ0v) is 16.4. The topological polar surface area (TPSA) is 107 Å². The zero-order chi connectivity index (χ0) is 21.2. The van der Waals surface area contributed by atoms with Crippen molar-refractivity contribution in [2.45, 2.75) is 11.8 Å². The molecule has 1 N–H and O–H groups in total. The minimum Gasteiger partial charge on any atom is -0.459 e. The SMILES string of the molecule is C=C(C)C(=O)OCCOC(=O)c1c2ccccc2c(S(=O)(=O)O)c2ccccc12. The van der Waals surface area contributed by atoms with Gasteiger partial charge in [-0.05, 0) is 17.7 Å². The Hall–Kier alpha value is -3.23. The molecular weight excluding hydrogens is 396 g/mol. The number of carbonyl (C=O) groups is 2. The highest BCUT2D eigenvalue weighted by Gasteiger charge is 2.25. The fourth-order valence-electron chi connectivity index (χ4n) is 3.05. The van der Waals surface area contributed by atoms with Crippen molar-refractivity contribution in [1.82, 2.24) is 0 Å². The Bertz CT molecular complexity index is 1190. The van der Waals surface area contributed by atoms with Crippen molar-refractivity contribution in [2.75, 3.05) is 13.2 Å². The fraction of sp³-hybridized carbons (Fsp3) is 0.143. The van der Waals surface area contributed by atoms with E-state index in [1.54, 1.807) is 36.4 Å². The molecule has 0 saturated carbocycles. The Labute approximate surface area is 167 Å². The summed E-state index contributed by atoms with van der Waals surface area (Å²) < 4.78 is 44.0. The summed E-state index contributed by atoms with van der Waals surface area (Å²) in [6.07, 6.45) is 0. The van der Waals surface area contributed by atoms with E-state index in [2.05, 4.69) is 6.58 Å². The Kier molecular flexibility index (Phi) is 5.67. The predicted molar refractivity (Wildman–Crippen MR) is 107 cm³/mol. The first-order valence-electron chi connectivity index (χ1n) is 8.62. The van der Waals surface area contributed by atoms with Gasteiger partial charge in [-0.1, -0.05) is 55.1 Å². The summed E-state index contributed by atoms with van der Waals surface area (Å²) >= 11 is 0. The van der Waals surface area contributed by atoms with E-state index in [1.807, 2.05) is 0 Å². The monoisotopic (exact) mass is 414 g/mol. The molecule has 3 aromatic rings. The van der Waals surface area contributed by atoms with Gasteiger partial charge in [0, 0.05) is 16.3 Å². The molecule has 29 heavy (non-hydrogen) atoms. The molecule has 0 spiro atoms. The van der Waals surface area contributed by atoms with Crippen LogP contribution in [-0.4, -0.2) is 38.1 Å². The predicted octanol–water partition coefficient (Wildman–Crippen LogP) is 3.52. The molecule has 0 aliphatic heterocycles. The van der Waals surface area contributed by atoms with Gasteiger partial charge in [-0.2, -0.15) is 8.42 Å². The molecule has 7 nitrogen and oxygen atoms in total. The fourth-order valence-corrected chi connectivity index (χ4v) is 3.96. The third-order valence-electron chi connectivity index (χ3n) is 4.24. The molecule has 0 radical (unpaired) electrons. The summed E-state index contributed by atoms with van der Waals surface area (Å²) in [5.74, 6) is -1.29. The van der Waals surface area contributed by atoms with Crippen molar-refractivity contribution in [2.24, 2.45) is 0 Å². The maximum atomic E-state index is 12.8. The van der Waals surface area contributed by atoms with E-state index in [9.17, 15) is 22.6 Å². The lowest BCUT2D eigenvalue weighted by molar-refractivity contribution is -0.140. The molecule has 0 atom stereocenters. The van der Waals surface area contributed by atoms with Gasteiger partial charge in [0.1, 0.15) is 18.1 Å². The normalized spacial score (nSPS) is 11.4. The first kappa shape index (κ1) is 20.5. The van der Waals surface area contributed by atoms with Crippen molar-refractivity contribution >= 4 is 43.6 Å². The van der Waals surface area contributed by atoms with Crippen LogP contribution in [0, 0.1) is 0 Å². The highest BCUT2D eigenvalue weighted by atomic mass is 32.2. The number of rotatable bonds is 6. The second kappa shape index (κ2) is 8.02. The van der Waals surface area contributed by atoms with E-state index >= 15 is 0 Å². The van der Waals surface area contributed by atoms with Crippen LogP contribution in [0.3, 0.4) is 0 Å². The molecule has 3 rings (SSSR count). The number of hydrogen-bond donors (Lipinski definition) is 1. The van der Waals surface area contributed by atoms with Gasteiger partial charge < -0.3 is 9.47 Å². The number of esters is 2. The molecule has 8 heteroatoms. The quantitative estimate of drug-likeness (QED) is 0.216. The summed E-state index contributed by atoms with van der Waals surface area (Å²) in [5.41, 5.74) is 0.393. The third kappa shape index (κ3) is 4.13. The summed E-state index contributed by atoms with van der Waals surface area (Å²) in [6, 6.07) is 12.7. The Morgan fingerprint density at radius 3 is 1.79 bits per heavy atom. The number of fused-ring (bicyclic) bond motifs is 2. The van der Waals surface area contributed by atoms with Gasteiger partial charge in [-0.3, -0.25) is 4.55 Å². The maximum absolute atomic E-state index is 12.8. The Balaban J connectivity index is 2.07. The molecule has 150 valence electrons. The van der Waals surface area contributed by atoms with E-state index in [0.29, 0.717) is 10.8 Å². The van der Waals surface area contributed by atoms with Crippen LogP contribution in [0.15, 0.2) is 65.6 Å². The van der Waals surface area contributed by atoms with Gasteiger partial charge in [0.05, 0.1) is 5.56 Å². The minimum absolute atomic E-state index is 0.142. The summed E-state index contributed by atoms with van der Waals surface area (Å²) in [6.45, 7) is 4.64. The number of carbonyl (C=O) groups excluding carboxylic acids is 2. The van der Waals surface area contributed by atoms with Crippen molar-refractivity contribution in [3.05, 3.63) is 66.2 Å². The number of benzene rings is 3. The lowest BCUT2D eigenvalue weighted by Crippen LogP contribution is -2.15. The summed E-state index contributed by atoms with van der Waals surface area (Å²) in [7, 11) is -4.55. The summed E-state index contributed by atoms with van der Waals surface area (Å²) in [5, 5.41) is 1.05. The molecule has 0 aromatic heterocycles. The van der Waals surface area contributed by atoms with Crippen LogP contribution in [0.5, 0.6) is 0 Å². The molecule has 0 saturated heterocycles. The van der Waals surface area contributed by atoms with Crippen LogP contribution >= 0.6 is 0 Å². The molecule has 0 aliphatic carbocycles. The van der Waals surface area contributed by atoms with E-state index in [0.717, 1.165) is 0 Å². The van der Waals surface area contributed by atoms with Crippen LogP contribution in [0.2, 0.25) is 0 Å². The van der Waals surface area contributed by atoms with Crippen molar-refractivity contribution in [3.8, 4) is 0 Å². The average molecular weight is 414 g/mol. The van der Waals surface area contributed by atoms with Crippen LogP contribution in [0.25, 0.3) is 21.5 Å². The van der Waals surface area contributed by atoms with Crippen molar-refractivity contribution in [1.29, 1.82) is 0 Å². The van der Waals surface area contributed by atoms with E-state index in [1.165, 1.54) is 19.1 Å². The van der Waals surface area contributed by atoms with E-state index < -0.39 is 22.1 Å². The molecular formula is C21H18O7S. The van der Waals surface area contributed by atoms with Crippen LogP contribution in [0.4, 0.5) is 0 Å². The molecule has 0 amide bonds. The minimum atomic E-state index is -4.55. The zero-order valence-electron chi connectivity index (χ0n) is 15.5. The maximum Gasteiger partial charge on any atom is 0.339 e. The molecule has 0 fully saturated rings. The van der Waals surface area contributed by atoms with Gasteiger partial charge in [-0.15, -0.1) is 0 Å². The highest BCUT2D eigenvalue weighted by Crippen LogP contribution is 2.35. The van der Waals surface area contributed by atoms with Gasteiger partial charge in [0.15, 0.2) is 0 Å². The Morgan fingerprint density at radius 2 is 1.34 bits per heavy atom. The third-order valence-corrected chi connectivity index (χ3v) is 5.20. The van der Waals surface area contributed by atoms with Crippen LogP contribution < -0.4 is 0 Å². The number of ether oxygens (including phenoxy) is 2. The molecule has 0 heterocycles. The molecule has 0 unspecified atom stereocenters. The Morgan fingerprint density at radius 1 is 0.897 bits per heavy atom.